The van der Waals surface area contributed by atoms with Crippen molar-refractivity contribution in [2.45, 2.75) is 65.5 Å². The van der Waals surface area contributed by atoms with Crippen LogP contribution in [-0.2, 0) is 0 Å². The van der Waals surface area contributed by atoms with Crippen molar-refractivity contribution < 1.29 is 0 Å². The maximum Gasteiger partial charge on any atom is 0.0246 e. The van der Waals surface area contributed by atoms with Crippen molar-refractivity contribution in [3.63, 3.8) is 0 Å². The highest BCUT2D eigenvalue weighted by Crippen LogP contribution is 2.27. The number of likely N-dealkylation sites (tertiary alicyclic amines) is 1. The maximum atomic E-state index is 3.53. The van der Waals surface area contributed by atoms with Gasteiger partial charge in [-0.2, -0.15) is 0 Å². The predicted octanol–water partition coefficient (Wildman–Crippen LogP) is 3.13. The molecule has 0 aromatic rings. The first kappa shape index (κ1) is 15.0. The van der Waals surface area contributed by atoms with Crippen LogP contribution in [0.4, 0.5) is 0 Å². The fraction of sp³-hybridized carbons (Fsp3) is 1.00. The third-order valence-electron chi connectivity index (χ3n) is 4.52. The summed E-state index contributed by atoms with van der Waals surface area (Å²) >= 11 is 0. The van der Waals surface area contributed by atoms with Crippen LogP contribution >= 0.6 is 0 Å². The molecule has 1 rings (SSSR count). The van der Waals surface area contributed by atoms with E-state index in [0.29, 0.717) is 6.04 Å². The normalized spacial score (nSPS) is 25.4. The van der Waals surface area contributed by atoms with Gasteiger partial charge >= 0.3 is 0 Å². The molecular weight excluding hydrogens is 208 g/mol. The second-order valence-electron chi connectivity index (χ2n) is 5.95. The van der Waals surface area contributed by atoms with Crippen molar-refractivity contribution in [1.82, 2.24) is 10.2 Å². The molecule has 0 spiro atoms. The topological polar surface area (TPSA) is 15.3 Å². The Morgan fingerprint density at radius 2 is 2.00 bits per heavy atom. The Kier molecular flexibility index (Phi) is 6.50. The summed E-state index contributed by atoms with van der Waals surface area (Å²) in [6, 6.07) is 1.42. The smallest absolute Gasteiger partial charge is 0.0246 e. The van der Waals surface area contributed by atoms with Gasteiger partial charge in [-0.3, -0.25) is 4.90 Å². The second-order valence-corrected chi connectivity index (χ2v) is 5.95. The highest BCUT2D eigenvalue weighted by Gasteiger charge is 2.32. The molecule has 0 aromatic carbocycles. The van der Waals surface area contributed by atoms with Gasteiger partial charge in [0.2, 0.25) is 0 Å². The average Bonchev–Trinajstić information content (AvgIpc) is 2.78. The molecule has 0 bridgehead atoms. The molecule has 1 N–H and O–H groups in total. The van der Waals surface area contributed by atoms with Gasteiger partial charge in [-0.25, -0.2) is 0 Å². The van der Waals surface area contributed by atoms with Crippen LogP contribution in [0.2, 0.25) is 0 Å². The lowest BCUT2D eigenvalue weighted by molar-refractivity contribution is 0.172. The van der Waals surface area contributed by atoms with Gasteiger partial charge in [-0.1, -0.05) is 34.1 Å². The Labute approximate surface area is 108 Å². The van der Waals surface area contributed by atoms with Gasteiger partial charge in [-0.15, -0.1) is 0 Å². The van der Waals surface area contributed by atoms with Gasteiger partial charge in [0.15, 0.2) is 0 Å². The summed E-state index contributed by atoms with van der Waals surface area (Å²) in [4.78, 5) is 2.74. The van der Waals surface area contributed by atoms with Gasteiger partial charge in [0.1, 0.15) is 0 Å². The van der Waals surface area contributed by atoms with E-state index in [9.17, 15) is 0 Å². The van der Waals surface area contributed by atoms with Gasteiger partial charge in [0.05, 0.1) is 0 Å². The molecule has 102 valence electrons. The third kappa shape index (κ3) is 3.96. The minimum Gasteiger partial charge on any atom is -0.315 e. The Morgan fingerprint density at radius 1 is 1.29 bits per heavy atom. The van der Waals surface area contributed by atoms with Crippen LogP contribution in [0.5, 0.6) is 0 Å². The number of rotatable bonds is 7. The summed E-state index contributed by atoms with van der Waals surface area (Å²) < 4.78 is 0. The molecule has 1 heterocycles. The summed E-state index contributed by atoms with van der Waals surface area (Å²) in [6.45, 7) is 12.0. The lowest BCUT2D eigenvalue weighted by Crippen LogP contribution is -2.48. The Morgan fingerprint density at radius 3 is 2.41 bits per heavy atom. The minimum absolute atomic E-state index is 0.677. The van der Waals surface area contributed by atoms with E-state index in [1.54, 1.807) is 0 Å². The molecule has 0 aromatic heterocycles. The van der Waals surface area contributed by atoms with Crippen LogP contribution in [0, 0.1) is 11.8 Å². The fourth-order valence-corrected chi connectivity index (χ4v) is 3.30. The first-order valence-electron chi connectivity index (χ1n) is 7.55. The Hall–Kier alpha value is -0.0800. The number of likely N-dealkylation sites (N-methyl/N-ethyl adjacent to an activating group) is 1. The van der Waals surface area contributed by atoms with Crippen molar-refractivity contribution in [2.75, 3.05) is 20.1 Å². The van der Waals surface area contributed by atoms with E-state index in [4.69, 9.17) is 0 Å². The molecule has 17 heavy (non-hydrogen) atoms. The summed E-state index contributed by atoms with van der Waals surface area (Å²) in [5.74, 6) is 1.76. The summed E-state index contributed by atoms with van der Waals surface area (Å²) in [7, 11) is 2.12. The van der Waals surface area contributed by atoms with E-state index in [1.807, 2.05) is 0 Å². The van der Waals surface area contributed by atoms with Crippen LogP contribution in [0.25, 0.3) is 0 Å². The van der Waals surface area contributed by atoms with Crippen LogP contribution in [0.15, 0.2) is 0 Å². The third-order valence-corrected chi connectivity index (χ3v) is 4.52. The molecule has 0 aliphatic carbocycles. The lowest BCUT2D eigenvalue weighted by atomic mass is 9.95. The molecule has 3 unspecified atom stereocenters. The average molecular weight is 240 g/mol. The molecule has 1 saturated heterocycles. The molecule has 1 fully saturated rings. The zero-order chi connectivity index (χ0) is 12.8. The fourth-order valence-electron chi connectivity index (χ4n) is 3.30. The van der Waals surface area contributed by atoms with E-state index in [0.717, 1.165) is 17.9 Å². The predicted molar refractivity (Wildman–Crippen MR) is 76.4 cm³/mol. The molecule has 1 aliphatic rings. The lowest BCUT2D eigenvalue weighted by Gasteiger charge is -2.34. The number of nitrogens with one attached hydrogen (secondary N) is 1. The van der Waals surface area contributed by atoms with E-state index in [1.165, 1.54) is 38.8 Å². The summed E-state index contributed by atoms with van der Waals surface area (Å²) in [5.41, 5.74) is 0. The van der Waals surface area contributed by atoms with E-state index in [2.05, 4.69) is 45.0 Å². The van der Waals surface area contributed by atoms with Crippen LogP contribution in [0.1, 0.15) is 53.4 Å². The Bertz CT molecular complexity index is 203. The second kappa shape index (κ2) is 7.38. The highest BCUT2D eigenvalue weighted by molar-refractivity contribution is 4.88. The maximum absolute atomic E-state index is 3.53. The zero-order valence-corrected chi connectivity index (χ0v) is 12.5. The van der Waals surface area contributed by atoms with Crippen LogP contribution in [-0.4, -0.2) is 37.1 Å². The molecule has 0 amide bonds. The van der Waals surface area contributed by atoms with Crippen molar-refractivity contribution in [3.05, 3.63) is 0 Å². The molecule has 0 radical (unpaired) electrons. The van der Waals surface area contributed by atoms with E-state index < -0.39 is 0 Å². The molecule has 2 nitrogen and oxygen atoms in total. The van der Waals surface area contributed by atoms with Crippen molar-refractivity contribution in [1.29, 1.82) is 0 Å². The molecule has 0 saturated carbocycles. The van der Waals surface area contributed by atoms with E-state index in [-0.39, 0.29) is 0 Å². The SMILES string of the molecule is CCCC(NC)C(CC)N1CCC(C(C)C)C1. The Balaban J connectivity index is 2.56. The van der Waals surface area contributed by atoms with Gasteiger partial charge in [-0.05, 0) is 44.7 Å². The standard InChI is InChI=1S/C15H32N2/c1-6-8-14(16-5)15(7-2)17-10-9-13(11-17)12(3)4/h12-16H,6-11H2,1-5H3. The molecule has 1 aliphatic heterocycles. The monoisotopic (exact) mass is 240 g/mol. The number of hydrogen-bond acceptors (Lipinski definition) is 2. The van der Waals surface area contributed by atoms with Gasteiger partial charge in [0, 0.05) is 18.6 Å². The largest absolute Gasteiger partial charge is 0.315 e. The van der Waals surface area contributed by atoms with E-state index >= 15 is 0 Å². The first-order valence-corrected chi connectivity index (χ1v) is 7.55. The van der Waals surface area contributed by atoms with Gasteiger partial charge < -0.3 is 5.32 Å². The van der Waals surface area contributed by atoms with Crippen LogP contribution < -0.4 is 5.32 Å². The summed E-state index contributed by atoms with van der Waals surface area (Å²) in [6.07, 6.45) is 5.26. The highest BCUT2D eigenvalue weighted by atomic mass is 15.2. The van der Waals surface area contributed by atoms with Crippen molar-refractivity contribution in [2.24, 2.45) is 11.8 Å². The summed E-state index contributed by atoms with van der Waals surface area (Å²) in [5, 5.41) is 3.53. The zero-order valence-electron chi connectivity index (χ0n) is 12.5. The molecule has 2 heteroatoms. The molecule has 3 atom stereocenters. The number of hydrogen-bond donors (Lipinski definition) is 1. The first-order chi connectivity index (χ1) is 8.13. The van der Waals surface area contributed by atoms with Crippen LogP contribution in [0.3, 0.4) is 0 Å². The molecular formula is C15H32N2. The minimum atomic E-state index is 0.677. The number of nitrogens with zero attached hydrogens (tertiary/aromatic N) is 1. The van der Waals surface area contributed by atoms with Crippen molar-refractivity contribution in [3.8, 4) is 0 Å². The van der Waals surface area contributed by atoms with Crippen molar-refractivity contribution >= 4 is 0 Å². The quantitative estimate of drug-likeness (QED) is 0.735. The van der Waals surface area contributed by atoms with Gasteiger partial charge in [0.25, 0.3) is 0 Å².